The van der Waals surface area contributed by atoms with Crippen LogP contribution in [-0.2, 0) is 20.2 Å². The van der Waals surface area contributed by atoms with Gasteiger partial charge in [-0.15, -0.1) is 0 Å². The number of hydrogen-bond donors (Lipinski definition) is 0. The third-order valence-corrected chi connectivity index (χ3v) is 8.18. The summed E-state index contributed by atoms with van der Waals surface area (Å²) in [7, 11) is -1.26. The van der Waals surface area contributed by atoms with Gasteiger partial charge in [-0.25, -0.2) is 0 Å². The monoisotopic (exact) mass is 452 g/mol. The van der Waals surface area contributed by atoms with Gasteiger partial charge in [0.15, 0.2) is 19.6 Å². The second-order valence-corrected chi connectivity index (χ2v) is 11.7. The van der Waals surface area contributed by atoms with E-state index < -0.39 is 19.6 Å². The minimum atomic E-state index is -1.26. The molecule has 0 radical (unpaired) electrons. The van der Waals surface area contributed by atoms with Crippen LogP contribution >= 0.6 is 8.38 Å². The minimum Gasteiger partial charge on any atom is -0.313 e. The smallest absolute Gasteiger partial charge is 0.178 e. The fourth-order valence-electron chi connectivity index (χ4n) is 4.72. The molecule has 0 aromatic heterocycles. The molecule has 5 rings (SSSR count). The number of hydrogen-bond acceptors (Lipinski definition) is 2. The lowest BCUT2D eigenvalue weighted by atomic mass is 9.66. The normalized spacial score (nSPS) is 17.7. The molecular weight excluding hydrogens is 423 g/mol. The molecule has 3 heteroatoms. The third-order valence-electron chi connectivity index (χ3n) is 6.20. The molecule has 0 bridgehead atoms. The summed E-state index contributed by atoms with van der Waals surface area (Å²) < 4.78 is 14.5. The Kier molecular flexibility index (Phi) is 5.70. The average Bonchev–Trinajstić information content (AvgIpc) is 3.25. The number of rotatable bonds is 4. The SMILES string of the molecule is CC(C)(C)P1OC(c2ccccc2)(c2ccccc2)C(c2ccccc2)(c2ccccc2)O1. The van der Waals surface area contributed by atoms with Crippen LogP contribution in [0.3, 0.4) is 0 Å². The van der Waals surface area contributed by atoms with Crippen LogP contribution in [-0.4, -0.2) is 5.16 Å². The van der Waals surface area contributed by atoms with Crippen LogP contribution in [0, 0.1) is 0 Å². The van der Waals surface area contributed by atoms with Crippen LogP contribution in [0.15, 0.2) is 121 Å². The van der Waals surface area contributed by atoms with Crippen molar-refractivity contribution < 1.29 is 9.05 Å². The van der Waals surface area contributed by atoms with E-state index in [2.05, 4.69) is 142 Å². The predicted octanol–water partition coefficient (Wildman–Crippen LogP) is 8.03. The van der Waals surface area contributed by atoms with E-state index in [1.165, 1.54) is 0 Å². The van der Waals surface area contributed by atoms with Gasteiger partial charge in [-0.2, -0.15) is 0 Å². The fraction of sp³-hybridized carbons (Fsp3) is 0.200. The molecule has 2 nitrogen and oxygen atoms in total. The largest absolute Gasteiger partial charge is 0.313 e. The molecule has 1 heterocycles. The van der Waals surface area contributed by atoms with Gasteiger partial charge in [0.25, 0.3) is 0 Å². The van der Waals surface area contributed by atoms with Crippen molar-refractivity contribution in [2.45, 2.75) is 37.1 Å². The molecule has 1 aliphatic heterocycles. The zero-order valence-corrected chi connectivity index (χ0v) is 20.2. The standard InChI is InChI=1S/C30H29O2P/c1-28(2,3)33-31-29(24-16-8-4-9-17-24,25-18-10-5-11-19-25)30(32-33,26-20-12-6-13-21-26)27-22-14-7-15-23-27/h4-23H,1-3H3. The molecule has 1 aliphatic rings. The summed E-state index contributed by atoms with van der Waals surface area (Å²) >= 11 is 0. The maximum atomic E-state index is 7.25. The molecule has 0 N–H and O–H groups in total. The Balaban J connectivity index is 1.94. The van der Waals surface area contributed by atoms with Crippen LogP contribution in [0.1, 0.15) is 43.0 Å². The van der Waals surface area contributed by atoms with E-state index in [0.717, 1.165) is 22.3 Å². The summed E-state index contributed by atoms with van der Waals surface area (Å²) in [6.45, 7) is 6.60. The molecule has 4 aromatic carbocycles. The Morgan fingerprint density at radius 1 is 0.455 bits per heavy atom. The Bertz CT molecular complexity index is 1020. The van der Waals surface area contributed by atoms with Crippen LogP contribution in [0.5, 0.6) is 0 Å². The first-order valence-electron chi connectivity index (χ1n) is 11.4. The first-order chi connectivity index (χ1) is 16.0. The Labute approximate surface area is 198 Å². The lowest BCUT2D eigenvalue weighted by Gasteiger charge is -2.44. The van der Waals surface area contributed by atoms with Gasteiger partial charge in [-0.3, -0.25) is 0 Å². The minimum absolute atomic E-state index is 0.171. The molecule has 33 heavy (non-hydrogen) atoms. The maximum absolute atomic E-state index is 7.25. The summed E-state index contributed by atoms with van der Waals surface area (Å²) in [6.07, 6.45) is 0. The maximum Gasteiger partial charge on any atom is 0.178 e. The van der Waals surface area contributed by atoms with Crippen molar-refractivity contribution in [3.05, 3.63) is 144 Å². The zero-order valence-electron chi connectivity index (χ0n) is 19.3. The first kappa shape index (κ1) is 22.0. The molecule has 1 saturated heterocycles. The molecule has 0 atom stereocenters. The zero-order chi connectivity index (χ0) is 22.9. The Morgan fingerprint density at radius 2 is 0.697 bits per heavy atom. The highest BCUT2D eigenvalue weighted by Crippen LogP contribution is 2.73. The molecule has 4 aromatic rings. The second-order valence-electron chi connectivity index (χ2n) is 9.44. The summed E-state index contributed by atoms with van der Waals surface area (Å²) in [6, 6.07) is 42.2. The summed E-state index contributed by atoms with van der Waals surface area (Å²) in [5.41, 5.74) is 2.60. The Morgan fingerprint density at radius 3 is 0.909 bits per heavy atom. The van der Waals surface area contributed by atoms with E-state index in [9.17, 15) is 0 Å². The quantitative estimate of drug-likeness (QED) is 0.292. The molecule has 0 saturated carbocycles. The van der Waals surface area contributed by atoms with Crippen molar-refractivity contribution in [1.29, 1.82) is 0 Å². The highest BCUT2D eigenvalue weighted by molar-refractivity contribution is 7.49. The fourth-order valence-corrected chi connectivity index (χ4v) is 6.48. The van der Waals surface area contributed by atoms with Crippen molar-refractivity contribution in [1.82, 2.24) is 0 Å². The van der Waals surface area contributed by atoms with Crippen molar-refractivity contribution in [3.8, 4) is 0 Å². The highest BCUT2D eigenvalue weighted by Gasteiger charge is 2.66. The van der Waals surface area contributed by atoms with E-state index in [1.807, 2.05) is 0 Å². The summed E-state index contributed by atoms with van der Waals surface area (Å²) in [5.74, 6) is 0. The predicted molar refractivity (Wildman–Crippen MR) is 136 cm³/mol. The van der Waals surface area contributed by atoms with Crippen molar-refractivity contribution in [3.63, 3.8) is 0 Å². The van der Waals surface area contributed by atoms with Crippen LogP contribution in [0.25, 0.3) is 0 Å². The molecule has 1 fully saturated rings. The summed E-state index contributed by atoms with van der Waals surface area (Å²) in [5, 5.41) is -0.171. The highest BCUT2D eigenvalue weighted by atomic mass is 31.2. The van der Waals surface area contributed by atoms with Crippen molar-refractivity contribution in [2.75, 3.05) is 0 Å². The van der Waals surface area contributed by atoms with Crippen LogP contribution in [0.4, 0.5) is 0 Å². The van der Waals surface area contributed by atoms with Gasteiger partial charge in [-0.05, 0) is 22.3 Å². The van der Waals surface area contributed by atoms with E-state index in [4.69, 9.17) is 9.05 Å². The first-order valence-corrected chi connectivity index (χ1v) is 12.6. The lowest BCUT2D eigenvalue weighted by molar-refractivity contribution is 0.00370. The van der Waals surface area contributed by atoms with E-state index in [0.29, 0.717) is 0 Å². The van der Waals surface area contributed by atoms with E-state index in [1.54, 1.807) is 0 Å². The van der Waals surface area contributed by atoms with Gasteiger partial charge in [0.1, 0.15) is 0 Å². The molecule has 166 valence electrons. The van der Waals surface area contributed by atoms with Crippen molar-refractivity contribution >= 4 is 8.38 Å². The molecule has 0 spiro atoms. The molecule has 0 amide bonds. The van der Waals surface area contributed by atoms with Gasteiger partial charge < -0.3 is 9.05 Å². The van der Waals surface area contributed by atoms with Gasteiger partial charge in [0.2, 0.25) is 0 Å². The molecule has 0 unspecified atom stereocenters. The molecular formula is C30H29O2P. The topological polar surface area (TPSA) is 18.5 Å². The van der Waals surface area contributed by atoms with Crippen LogP contribution in [0.2, 0.25) is 0 Å². The van der Waals surface area contributed by atoms with Gasteiger partial charge in [0, 0.05) is 5.16 Å². The van der Waals surface area contributed by atoms with Crippen LogP contribution < -0.4 is 0 Å². The number of benzene rings is 4. The average molecular weight is 453 g/mol. The van der Waals surface area contributed by atoms with E-state index >= 15 is 0 Å². The van der Waals surface area contributed by atoms with Gasteiger partial charge in [-0.1, -0.05) is 142 Å². The second kappa shape index (κ2) is 8.54. The molecule has 0 aliphatic carbocycles. The third kappa shape index (κ3) is 3.54. The summed E-state index contributed by atoms with van der Waals surface area (Å²) in [4.78, 5) is 0. The Hall–Kier alpha value is -2.77. The van der Waals surface area contributed by atoms with Gasteiger partial charge >= 0.3 is 0 Å². The van der Waals surface area contributed by atoms with E-state index in [-0.39, 0.29) is 5.16 Å². The van der Waals surface area contributed by atoms with Gasteiger partial charge in [0.05, 0.1) is 0 Å². The van der Waals surface area contributed by atoms with Crippen molar-refractivity contribution in [2.24, 2.45) is 0 Å². The lowest BCUT2D eigenvalue weighted by Crippen LogP contribution is -2.48.